The van der Waals surface area contributed by atoms with Crippen molar-refractivity contribution in [1.29, 1.82) is 0 Å². The van der Waals surface area contributed by atoms with E-state index in [1.54, 1.807) is 0 Å². The fourth-order valence-electron chi connectivity index (χ4n) is 2.18. The van der Waals surface area contributed by atoms with Crippen LogP contribution in [0.1, 0.15) is 18.2 Å². The van der Waals surface area contributed by atoms with E-state index in [-0.39, 0.29) is 6.04 Å². The van der Waals surface area contributed by atoms with Gasteiger partial charge in [0.2, 0.25) is 0 Å². The molecule has 2 heteroatoms. The van der Waals surface area contributed by atoms with Crippen molar-refractivity contribution in [2.75, 3.05) is 0 Å². The van der Waals surface area contributed by atoms with Crippen molar-refractivity contribution in [3.05, 3.63) is 35.5 Å². The van der Waals surface area contributed by atoms with Gasteiger partial charge in [0.05, 0.1) is 0 Å². The van der Waals surface area contributed by atoms with E-state index in [9.17, 15) is 0 Å². The first-order chi connectivity index (χ1) is 7.11. The first-order valence-electron chi connectivity index (χ1n) is 5.39. The van der Waals surface area contributed by atoms with Crippen LogP contribution in [0.2, 0.25) is 0 Å². The van der Waals surface area contributed by atoms with E-state index in [2.05, 4.69) is 49.7 Å². The maximum absolute atomic E-state index is 5.88. The summed E-state index contributed by atoms with van der Waals surface area (Å²) >= 11 is 0. The van der Waals surface area contributed by atoms with Crippen molar-refractivity contribution in [2.45, 2.75) is 26.3 Å². The Balaban J connectivity index is 2.66. The highest BCUT2D eigenvalue weighted by Crippen LogP contribution is 2.25. The van der Waals surface area contributed by atoms with Gasteiger partial charge in [-0.15, -0.1) is 0 Å². The second-order valence-corrected chi connectivity index (χ2v) is 4.32. The fraction of sp³-hybridized carbons (Fsp3) is 0.385. The minimum Gasteiger partial charge on any atom is -0.348 e. The molecule has 0 spiro atoms. The van der Waals surface area contributed by atoms with Crippen LogP contribution in [0.15, 0.2) is 24.3 Å². The summed E-state index contributed by atoms with van der Waals surface area (Å²) in [6.07, 6.45) is 0.952. The van der Waals surface area contributed by atoms with Crippen LogP contribution in [0.25, 0.3) is 10.9 Å². The largest absolute Gasteiger partial charge is 0.348 e. The summed E-state index contributed by atoms with van der Waals surface area (Å²) in [5.74, 6) is 0. The highest BCUT2D eigenvalue weighted by atomic mass is 14.9. The predicted octanol–water partition coefficient (Wildman–Crippen LogP) is 2.38. The summed E-state index contributed by atoms with van der Waals surface area (Å²) in [7, 11) is 2.11. The van der Waals surface area contributed by atoms with Gasteiger partial charge in [0.25, 0.3) is 0 Å². The average molecular weight is 202 g/mol. The van der Waals surface area contributed by atoms with Gasteiger partial charge in [-0.05, 0) is 31.9 Å². The van der Waals surface area contributed by atoms with Gasteiger partial charge < -0.3 is 10.3 Å². The Morgan fingerprint density at radius 1 is 1.33 bits per heavy atom. The molecule has 0 aliphatic heterocycles. The van der Waals surface area contributed by atoms with Crippen LogP contribution in [0, 0.1) is 6.92 Å². The molecule has 15 heavy (non-hydrogen) atoms. The SMILES string of the molecule is Cc1c(C[C@H](C)N)c2ccccc2n1C. The van der Waals surface area contributed by atoms with Crippen molar-refractivity contribution in [3.63, 3.8) is 0 Å². The minimum atomic E-state index is 0.217. The van der Waals surface area contributed by atoms with Gasteiger partial charge in [0.1, 0.15) is 0 Å². The van der Waals surface area contributed by atoms with E-state index >= 15 is 0 Å². The molecule has 0 saturated carbocycles. The number of fused-ring (bicyclic) bond motifs is 1. The molecule has 1 atom stereocenters. The van der Waals surface area contributed by atoms with Crippen LogP contribution < -0.4 is 5.73 Å². The molecule has 2 N–H and O–H groups in total. The molecule has 2 nitrogen and oxygen atoms in total. The first kappa shape index (κ1) is 10.2. The molecular formula is C13H18N2. The molecule has 0 fully saturated rings. The van der Waals surface area contributed by atoms with E-state index in [1.807, 2.05) is 0 Å². The molecule has 0 unspecified atom stereocenters. The highest BCUT2D eigenvalue weighted by molar-refractivity contribution is 5.85. The Labute approximate surface area is 90.7 Å². The van der Waals surface area contributed by atoms with Gasteiger partial charge in [0, 0.05) is 29.7 Å². The second kappa shape index (κ2) is 3.70. The summed E-state index contributed by atoms with van der Waals surface area (Å²) < 4.78 is 2.24. The Kier molecular flexibility index (Phi) is 2.53. The molecule has 0 aliphatic rings. The van der Waals surface area contributed by atoms with E-state index in [4.69, 9.17) is 5.73 Å². The third-order valence-electron chi connectivity index (χ3n) is 3.06. The third-order valence-corrected chi connectivity index (χ3v) is 3.06. The van der Waals surface area contributed by atoms with Crippen LogP contribution >= 0.6 is 0 Å². The number of benzene rings is 1. The molecule has 1 heterocycles. The van der Waals surface area contributed by atoms with Crippen molar-refractivity contribution in [1.82, 2.24) is 4.57 Å². The third kappa shape index (κ3) is 1.65. The van der Waals surface area contributed by atoms with Crippen LogP contribution in [0.3, 0.4) is 0 Å². The molecule has 0 bridgehead atoms. The van der Waals surface area contributed by atoms with Gasteiger partial charge in [-0.2, -0.15) is 0 Å². The normalized spacial score (nSPS) is 13.3. The molecular weight excluding hydrogens is 184 g/mol. The lowest BCUT2D eigenvalue weighted by Gasteiger charge is -2.05. The molecule has 0 amide bonds. The lowest BCUT2D eigenvalue weighted by molar-refractivity contribution is 0.732. The van der Waals surface area contributed by atoms with Crippen molar-refractivity contribution < 1.29 is 0 Å². The summed E-state index contributed by atoms with van der Waals surface area (Å²) in [4.78, 5) is 0. The number of hydrogen-bond acceptors (Lipinski definition) is 1. The van der Waals surface area contributed by atoms with Crippen molar-refractivity contribution in [3.8, 4) is 0 Å². The number of rotatable bonds is 2. The predicted molar refractivity (Wildman–Crippen MR) is 65.0 cm³/mol. The number of para-hydroxylation sites is 1. The Morgan fingerprint density at radius 3 is 2.67 bits per heavy atom. The van der Waals surface area contributed by atoms with Gasteiger partial charge >= 0.3 is 0 Å². The summed E-state index contributed by atoms with van der Waals surface area (Å²) in [5.41, 5.74) is 9.90. The number of aryl methyl sites for hydroxylation is 1. The van der Waals surface area contributed by atoms with E-state index in [0.717, 1.165) is 6.42 Å². The summed E-state index contributed by atoms with van der Waals surface area (Å²) in [6, 6.07) is 8.73. The summed E-state index contributed by atoms with van der Waals surface area (Å²) in [6.45, 7) is 4.22. The lowest BCUT2D eigenvalue weighted by atomic mass is 10.0. The van der Waals surface area contributed by atoms with Crippen LogP contribution in [0.4, 0.5) is 0 Å². The van der Waals surface area contributed by atoms with Gasteiger partial charge in [-0.3, -0.25) is 0 Å². The topological polar surface area (TPSA) is 30.9 Å². The van der Waals surface area contributed by atoms with Gasteiger partial charge in [-0.25, -0.2) is 0 Å². The van der Waals surface area contributed by atoms with Crippen LogP contribution in [-0.4, -0.2) is 10.6 Å². The number of nitrogens with two attached hydrogens (primary N) is 1. The van der Waals surface area contributed by atoms with Crippen molar-refractivity contribution in [2.24, 2.45) is 12.8 Å². The molecule has 0 aliphatic carbocycles. The first-order valence-corrected chi connectivity index (χ1v) is 5.39. The molecule has 1 aromatic carbocycles. The standard InChI is InChI=1S/C13H18N2/c1-9(14)8-12-10(2)15(3)13-7-5-4-6-11(12)13/h4-7,9H,8,14H2,1-3H3/t9-/m0/s1. The Morgan fingerprint density at radius 2 is 2.00 bits per heavy atom. The van der Waals surface area contributed by atoms with E-state index < -0.39 is 0 Å². The second-order valence-electron chi connectivity index (χ2n) is 4.32. The zero-order valence-electron chi connectivity index (χ0n) is 9.62. The van der Waals surface area contributed by atoms with Crippen LogP contribution in [0.5, 0.6) is 0 Å². The quantitative estimate of drug-likeness (QED) is 0.796. The minimum absolute atomic E-state index is 0.217. The van der Waals surface area contributed by atoms with Crippen LogP contribution in [-0.2, 0) is 13.5 Å². The van der Waals surface area contributed by atoms with E-state index in [1.165, 1.54) is 22.2 Å². The Hall–Kier alpha value is -1.28. The molecule has 0 saturated heterocycles. The zero-order valence-corrected chi connectivity index (χ0v) is 9.62. The number of nitrogens with zero attached hydrogens (tertiary/aromatic N) is 1. The monoisotopic (exact) mass is 202 g/mol. The fourth-order valence-corrected chi connectivity index (χ4v) is 2.18. The average Bonchev–Trinajstić information content (AvgIpc) is 2.44. The smallest absolute Gasteiger partial charge is 0.0482 e. The molecule has 1 aromatic heterocycles. The maximum atomic E-state index is 5.88. The van der Waals surface area contributed by atoms with Crippen molar-refractivity contribution >= 4 is 10.9 Å². The summed E-state index contributed by atoms with van der Waals surface area (Å²) in [5, 5.41) is 1.34. The lowest BCUT2D eigenvalue weighted by Crippen LogP contribution is -2.18. The highest BCUT2D eigenvalue weighted by Gasteiger charge is 2.11. The molecule has 0 radical (unpaired) electrons. The molecule has 80 valence electrons. The molecule has 2 aromatic rings. The zero-order chi connectivity index (χ0) is 11.0. The number of hydrogen-bond donors (Lipinski definition) is 1. The van der Waals surface area contributed by atoms with Gasteiger partial charge in [-0.1, -0.05) is 18.2 Å². The van der Waals surface area contributed by atoms with E-state index in [0.29, 0.717) is 0 Å². The Bertz CT molecular complexity index is 480. The number of aromatic nitrogens is 1. The van der Waals surface area contributed by atoms with Gasteiger partial charge in [0.15, 0.2) is 0 Å². The maximum Gasteiger partial charge on any atom is 0.0482 e. The molecule has 2 rings (SSSR count).